The van der Waals surface area contributed by atoms with Gasteiger partial charge in [0.2, 0.25) is 5.91 Å². The summed E-state index contributed by atoms with van der Waals surface area (Å²) >= 11 is 0. The molecule has 0 aromatic heterocycles. The highest BCUT2D eigenvalue weighted by atomic mass is 16.7. The van der Waals surface area contributed by atoms with Crippen molar-refractivity contribution in [1.29, 1.82) is 0 Å². The van der Waals surface area contributed by atoms with Gasteiger partial charge in [-0.15, -0.1) is 0 Å². The summed E-state index contributed by atoms with van der Waals surface area (Å²) in [5.41, 5.74) is 0. The first kappa shape index (κ1) is 67.2. The minimum absolute atomic E-state index is 0.131. The molecule has 0 radical (unpaired) electrons. The zero-order chi connectivity index (χ0) is 50.8. The second-order valence-corrected chi connectivity index (χ2v) is 22.2. The second kappa shape index (κ2) is 51.7. The number of nitrogens with one attached hydrogen (secondary N) is 1. The lowest BCUT2D eigenvalue weighted by atomic mass is 9.99. The van der Waals surface area contributed by atoms with E-state index in [0.717, 1.165) is 38.5 Å². The van der Waals surface area contributed by atoms with Gasteiger partial charge >= 0.3 is 0 Å². The van der Waals surface area contributed by atoms with Crippen LogP contribution in [0, 0.1) is 0 Å². The Morgan fingerprint density at radius 3 is 1.01 bits per heavy atom. The normalized spacial score (nSPS) is 19.2. The predicted molar refractivity (Wildman–Crippen MR) is 295 cm³/mol. The third-order valence-corrected chi connectivity index (χ3v) is 15.5. The van der Waals surface area contributed by atoms with E-state index in [4.69, 9.17) is 9.47 Å². The van der Waals surface area contributed by atoms with Gasteiger partial charge in [-0.2, -0.15) is 0 Å². The van der Waals surface area contributed by atoms with Crippen molar-refractivity contribution in [2.45, 2.75) is 371 Å². The lowest BCUT2D eigenvalue weighted by Crippen LogP contribution is -2.60. The molecule has 9 nitrogen and oxygen atoms in total. The number of carbonyl (C=O) groups is 1. The largest absolute Gasteiger partial charge is 0.394 e. The van der Waals surface area contributed by atoms with Crippen LogP contribution in [-0.2, 0) is 14.3 Å². The quantitative estimate of drug-likeness (QED) is 0.0330. The third-order valence-electron chi connectivity index (χ3n) is 15.5. The Morgan fingerprint density at radius 1 is 0.429 bits per heavy atom. The third kappa shape index (κ3) is 40.6. The van der Waals surface area contributed by atoms with Crippen molar-refractivity contribution in [3.05, 3.63) is 0 Å². The Morgan fingerprint density at radius 2 is 0.714 bits per heavy atom. The van der Waals surface area contributed by atoms with Gasteiger partial charge in [0, 0.05) is 6.42 Å². The molecule has 1 amide bonds. The molecule has 1 aliphatic heterocycles. The van der Waals surface area contributed by atoms with Crippen molar-refractivity contribution >= 4 is 5.91 Å². The average molecular weight is 997 g/mol. The number of aliphatic hydroxyl groups is 5. The summed E-state index contributed by atoms with van der Waals surface area (Å²) in [6.07, 6.45) is 56.0. The molecular weight excluding hydrogens is 875 g/mol. The molecule has 1 rings (SSSR count). The van der Waals surface area contributed by atoms with Crippen molar-refractivity contribution in [2.75, 3.05) is 13.2 Å². The summed E-state index contributed by atoms with van der Waals surface area (Å²) in [6, 6.07) is -0.713. The van der Waals surface area contributed by atoms with Gasteiger partial charge in [-0.1, -0.05) is 309 Å². The lowest BCUT2D eigenvalue weighted by Gasteiger charge is -2.40. The number of amides is 1. The molecule has 2 unspecified atom stereocenters. The zero-order valence-electron chi connectivity index (χ0n) is 46.6. The van der Waals surface area contributed by atoms with Crippen LogP contribution in [0.1, 0.15) is 328 Å². The van der Waals surface area contributed by atoms with Crippen LogP contribution in [-0.4, -0.2) is 87.5 Å². The number of ether oxygens (including phenoxy) is 2. The van der Waals surface area contributed by atoms with Crippen molar-refractivity contribution in [1.82, 2.24) is 5.32 Å². The fraction of sp³-hybridized carbons (Fsp3) is 0.984. The smallest absolute Gasteiger partial charge is 0.220 e. The van der Waals surface area contributed by atoms with Crippen LogP contribution in [0.25, 0.3) is 0 Å². The summed E-state index contributed by atoms with van der Waals surface area (Å²) < 4.78 is 11.3. The molecule has 0 aromatic carbocycles. The molecule has 7 atom stereocenters. The maximum atomic E-state index is 13.1. The van der Waals surface area contributed by atoms with Crippen molar-refractivity contribution in [3.63, 3.8) is 0 Å². The number of hydrogen-bond donors (Lipinski definition) is 6. The fourth-order valence-electron chi connectivity index (χ4n) is 10.5. The van der Waals surface area contributed by atoms with Gasteiger partial charge in [0.05, 0.1) is 25.4 Å². The molecule has 0 aromatic rings. The molecular formula is C61H121NO8. The van der Waals surface area contributed by atoms with E-state index in [-0.39, 0.29) is 12.5 Å². The fourth-order valence-corrected chi connectivity index (χ4v) is 10.5. The molecule has 6 N–H and O–H groups in total. The Bertz CT molecular complexity index is 1060. The van der Waals surface area contributed by atoms with E-state index in [1.165, 1.54) is 263 Å². The van der Waals surface area contributed by atoms with Crippen LogP contribution in [0.5, 0.6) is 0 Å². The number of hydrogen-bond acceptors (Lipinski definition) is 8. The first-order chi connectivity index (χ1) is 34.3. The molecule has 1 fully saturated rings. The summed E-state index contributed by atoms with van der Waals surface area (Å²) in [7, 11) is 0. The Kier molecular flexibility index (Phi) is 49.6. The molecule has 0 bridgehead atoms. The minimum Gasteiger partial charge on any atom is -0.394 e. The van der Waals surface area contributed by atoms with Gasteiger partial charge in [-0.25, -0.2) is 0 Å². The maximum absolute atomic E-state index is 13.1. The SMILES string of the molecule is CCCCCCCCCCCCCCCCCCCCCCCCCCCCCCCCCCCCC(=O)N[C@@H](CO[C@@H]1O[C@H](CO)[C@@H](O)C(O)C1O)[C@H](O)CCCCCCCCCCCCCCC. The van der Waals surface area contributed by atoms with Crippen molar-refractivity contribution in [2.24, 2.45) is 0 Å². The van der Waals surface area contributed by atoms with Gasteiger partial charge in [-0.3, -0.25) is 4.79 Å². The number of rotatable bonds is 55. The van der Waals surface area contributed by atoms with E-state index in [2.05, 4.69) is 19.2 Å². The predicted octanol–water partition coefficient (Wildman–Crippen LogP) is 15.8. The monoisotopic (exact) mass is 996 g/mol. The van der Waals surface area contributed by atoms with E-state index in [0.29, 0.717) is 12.8 Å². The van der Waals surface area contributed by atoms with Crippen LogP contribution in [0.15, 0.2) is 0 Å². The maximum Gasteiger partial charge on any atom is 0.220 e. The molecule has 1 aliphatic rings. The van der Waals surface area contributed by atoms with Crippen molar-refractivity contribution in [3.8, 4) is 0 Å². The first-order valence-corrected chi connectivity index (χ1v) is 31.2. The zero-order valence-corrected chi connectivity index (χ0v) is 46.6. The molecule has 0 spiro atoms. The van der Waals surface area contributed by atoms with Gasteiger partial charge in [0.1, 0.15) is 24.4 Å². The van der Waals surface area contributed by atoms with Gasteiger partial charge in [0.25, 0.3) is 0 Å². The number of unbranched alkanes of at least 4 members (excludes halogenated alkanes) is 45. The molecule has 1 saturated heterocycles. The summed E-state index contributed by atoms with van der Waals surface area (Å²) in [4.78, 5) is 13.1. The van der Waals surface area contributed by atoms with Gasteiger partial charge in [0.15, 0.2) is 6.29 Å². The topological polar surface area (TPSA) is 149 Å². The lowest BCUT2D eigenvalue weighted by molar-refractivity contribution is -0.302. The summed E-state index contributed by atoms with van der Waals surface area (Å²) in [5, 5.41) is 54.6. The highest BCUT2D eigenvalue weighted by Gasteiger charge is 2.44. The minimum atomic E-state index is -1.55. The van der Waals surface area contributed by atoms with E-state index in [9.17, 15) is 30.3 Å². The highest BCUT2D eigenvalue weighted by molar-refractivity contribution is 5.76. The van der Waals surface area contributed by atoms with E-state index in [1.807, 2.05) is 0 Å². The molecule has 9 heteroatoms. The van der Waals surface area contributed by atoms with Gasteiger partial charge < -0.3 is 40.3 Å². The van der Waals surface area contributed by atoms with E-state index >= 15 is 0 Å². The van der Waals surface area contributed by atoms with Crippen LogP contribution < -0.4 is 5.32 Å². The molecule has 70 heavy (non-hydrogen) atoms. The Balaban J connectivity index is 2.04. The second-order valence-electron chi connectivity index (χ2n) is 22.2. The Labute approximate surface area is 434 Å². The highest BCUT2D eigenvalue weighted by Crippen LogP contribution is 2.24. The molecule has 1 heterocycles. The van der Waals surface area contributed by atoms with Crippen molar-refractivity contribution < 1.29 is 39.8 Å². The molecule has 0 saturated carbocycles. The van der Waals surface area contributed by atoms with Gasteiger partial charge in [-0.05, 0) is 12.8 Å². The summed E-state index contributed by atoms with van der Waals surface area (Å²) in [5.74, 6) is -0.136. The van der Waals surface area contributed by atoms with Crippen LogP contribution in [0.2, 0.25) is 0 Å². The van der Waals surface area contributed by atoms with E-state index < -0.39 is 49.5 Å². The summed E-state index contributed by atoms with van der Waals surface area (Å²) in [6.45, 7) is 3.88. The van der Waals surface area contributed by atoms with Crippen LogP contribution in [0.4, 0.5) is 0 Å². The Hall–Kier alpha value is -0.810. The number of aliphatic hydroxyl groups excluding tert-OH is 5. The molecule has 418 valence electrons. The number of carbonyl (C=O) groups excluding carboxylic acids is 1. The molecule has 0 aliphatic carbocycles. The van der Waals surface area contributed by atoms with E-state index in [1.54, 1.807) is 0 Å². The van der Waals surface area contributed by atoms with Crippen LogP contribution in [0.3, 0.4) is 0 Å². The first-order valence-electron chi connectivity index (χ1n) is 31.2. The average Bonchev–Trinajstić information content (AvgIpc) is 3.36. The van der Waals surface area contributed by atoms with Crippen LogP contribution >= 0.6 is 0 Å². The standard InChI is InChI=1S/C61H121NO8/c1-3-5-7-9-11-13-15-17-18-19-20-21-22-23-24-25-26-27-28-29-30-31-32-33-34-35-36-37-39-41-43-45-47-49-51-57(65)62-54(53-69-61-60(68)59(67)58(66)56(52-63)70-61)55(64)50-48-46-44-42-40-38-16-14-12-10-8-6-4-2/h54-56,58-61,63-64,66-68H,3-53H2,1-2H3,(H,62,65)/t54-,55+,56+,58+,59?,60?,61+/m0/s1.